The van der Waals surface area contributed by atoms with Gasteiger partial charge in [-0.2, -0.15) is 0 Å². The fraction of sp³-hybridized carbons (Fsp3) is 0.900. The first-order chi connectivity index (χ1) is 6.54. The molecule has 0 saturated carbocycles. The van der Waals surface area contributed by atoms with Gasteiger partial charge in [-0.05, 0) is 26.8 Å². The molecule has 0 saturated heterocycles. The van der Waals surface area contributed by atoms with Crippen molar-refractivity contribution in [3.8, 4) is 0 Å². The summed E-state index contributed by atoms with van der Waals surface area (Å²) in [5, 5.41) is 8.95. The average Bonchev–Trinajstić information content (AvgIpc) is 2.14. The molecule has 0 aromatic rings. The van der Waals surface area contributed by atoms with Crippen LogP contribution in [0.15, 0.2) is 0 Å². The molecule has 0 rings (SSSR count). The third kappa shape index (κ3) is 4.07. The fourth-order valence-electron chi connectivity index (χ4n) is 1.44. The van der Waals surface area contributed by atoms with E-state index in [4.69, 9.17) is 9.84 Å². The molecule has 14 heavy (non-hydrogen) atoms. The van der Waals surface area contributed by atoms with Crippen molar-refractivity contribution >= 4 is 5.97 Å². The molecule has 84 valence electrons. The largest absolute Gasteiger partial charge is 0.480 e. The highest BCUT2D eigenvalue weighted by Crippen LogP contribution is 2.09. The number of likely N-dealkylation sites (N-methyl/N-ethyl adjacent to an activating group) is 1. The third-order valence-corrected chi connectivity index (χ3v) is 2.60. The number of rotatable bonds is 7. The Balaban J connectivity index is 4.12. The van der Waals surface area contributed by atoms with E-state index in [9.17, 15) is 4.79 Å². The van der Waals surface area contributed by atoms with Crippen molar-refractivity contribution in [3.63, 3.8) is 0 Å². The summed E-state index contributed by atoms with van der Waals surface area (Å²) < 4.78 is 4.96. The van der Waals surface area contributed by atoms with Gasteiger partial charge in [0, 0.05) is 19.8 Å². The Hall–Kier alpha value is -0.610. The van der Waals surface area contributed by atoms with E-state index in [1.807, 2.05) is 25.8 Å². The van der Waals surface area contributed by atoms with E-state index < -0.39 is 5.97 Å². The Labute approximate surface area is 85.9 Å². The number of aliphatic carboxylic acids is 1. The Kier molecular flexibility index (Phi) is 6.49. The lowest BCUT2D eigenvalue weighted by Crippen LogP contribution is -2.43. The first-order valence-corrected chi connectivity index (χ1v) is 4.98. The van der Waals surface area contributed by atoms with Crippen LogP contribution in [0.1, 0.15) is 26.7 Å². The van der Waals surface area contributed by atoms with E-state index in [0.717, 1.165) is 6.42 Å². The molecular formula is C10H21NO3. The molecule has 0 aromatic heterocycles. The summed E-state index contributed by atoms with van der Waals surface area (Å²) in [5.74, 6) is -0.751. The van der Waals surface area contributed by atoms with Crippen molar-refractivity contribution in [1.82, 2.24) is 4.90 Å². The van der Waals surface area contributed by atoms with Crippen LogP contribution in [0.25, 0.3) is 0 Å². The van der Waals surface area contributed by atoms with Crippen molar-refractivity contribution in [2.75, 3.05) is 20.8 Å². The van der Waals surface area contributed by atoms with E-state index in [2.05, 4.69) is 0 Å². The summed E-state index contributed by atoms with van der Waals surface area (Å²) in [6.45, 7) is 4.57. The highest BCUT2D eigenvalue weighted by atomic mass is 16.5. The van der Waals surface area contributed by atoms with Gasteiger partial charge < -0.3 is 9.84 Å². The SMILES string of the molecule is CCC(C(=O)O)N(C)C(C)CCOC. The molecule has 4 heteroatoms. The van der Waals surface area contributed by atoms with Gasteiger partial charge in [0.15, 0.2) is 0 Å². The van der Waals surface area contributed by atoms with Gasteiger partial charge in [0.25, 0.3) is 0 Å². The Morgan fingerprint density at radius 2 is 2.14 bits per heavy atom. The van der Waals surface area contributed by atoms with Crippen LogP contribution in [-0.2, 0) is 9.53 Å². The van der Waals surface area contributed by atoms with Gasteiger partial charge in [0.2, 0.25) is 0 Å². The molecule has 0 heterocycles. The molecule has 0 spiro atoms. The van der Waals surface area contributed by atoms with Crippen LogP contribution in [0, 0.1) is 0 Å². The van der Waals surface area contributed by atoms with Crippen molar-refractivity contribution in [2.45, 2.75) is 38.8 Å². The molecule has 2 atom stereocenters. The van der Waals surface area contributed by atoms with Gasteiger partial charge in [-0.3, -0.25) is 9.69 Å². The molecule has 0 aliphatic carbocycles. The number of carboxylic acids is 1. The lowest BCUT2D eigenvalue weighted by molar-refractivity contribution is -0.143. The smallest absolute Gasteiger partial charge is 0.320 e. The predicted octanol–water partition coefficient (Wildman–Crippen LogP) is 1.21. The lowest BCUT2D eigenvalue weighted by Gasteiger charge is -2.29. The summed E-state index contributed by atoms with van der Waals surface area (Å²) in [7, 11) is 3.50. The highest BCUT2D eigenvalue weighted by Gasteiger charge is 2.23. The average molecular weight is 203 g/mol. The van der Waals surface area contributed by atoms with Crippen molar-refractivity contribution in [2.24, 2.45) is 0 Å². The van der Waals surface area contributed by atoms with Crippen molar-refractivity contribution in [1.29, 1.82) is 0 Å². The second-order valence-electron chi connectivity index (χ2n) is 3.56. The zero-order chi connectivity index (χ0) is 11.1. The van der Waals surface area contributed by atoms with Crippen LogP contribution >= 0.6 is 0 Å². The standard InChI is InChI=1S/C10H21NO3/c1-5-9(10(12)13)11(3)8(2)6-7-14-4/h8-9H,5-7H2,1-4H3,(H,12,13). The lowest BCUT2D eigenvalue weighted by atomic mass is 10.1. The molecule has 4 nitrogen and oxygen atoms in total. The van der Waals surface area contributed by atoms with Gasteiger partial charge in [-0.15, -0.1) is 0 Å². The molecule has 0 radical (unpaired) electrons. The quantitative estimate of drug-likeness (QED) is 0.675. The van der Waals surface area contributed by atoms with Crippen LogP contribution in [0.2, 0.25) is 0 Å². The number of ether oxygens (including phenoxy) is 1. The summed E-state index contributed by atoms with van der Waals surface area (Å²) in [4.78, 5) is 12.8. The third-order valence-electron chi connectivity index (χ3n) is 2.60. The highest BCUT2D eigenvalue weighted by molar-refractivity contribution is 5.73. The van der Waals surface area contributed by atoms with Gasteiger partial charge >= 0.3 is 5.97 Å². The number of hydrogen-bond acceptors (Lipinski definition) is 3. The molecule has 0 bridgehead atoms. The summed E-state index contributed by atoms with van der Waals surface area (Å²) in [6.07, 6.45) is 1.49. The number of nitrogens with zero attached hydrogens (tertiary/aromatic N) is 1. The number of carbonyl (C=O) groups is 1. The Morgan fingerprint density at radius 1 is 1.57 bits per heavy atom. The number of hydrogen-bond donors (Lipinski definition) is 1. The molecular weight excluding hydrogens is 182 g/mol. The molecule has 0 aliphatic rings. The minimum Gasteiger partial charge on any atom is -0.480 e. The fourth-order valence-corrected chi connectivity index (χ4v) is 1.44. The van der Waals surface area contributed by atoms with Crippen LogP contribution in [0.5, 0.6) is 0 Å². The van der Waals surface area contributed by atoms with Crippen molar-refractivity contribution in [3.05, 3.63) is 0 Å². The minimum atomic E-state index is -0.751. The zero-order valence-corrected chi connectivity index (χ0v) is 9.49. The monoisotopic (exact) mass is 203 g/mol. The predicted molar refractivity (Wildman–Crippen MR) is 55.4 cm³/mol. The van der Waals surface area contributed by atoms with Gasteiger partial charge in [0.1, 0.15) is 6.04 Å². The van der Waals surface area contributed by atoms with E-state index in [1.54, 1.807) is 7.11 Å². The van der Waals surface area contributed by atoms with Gasteiger partial charge in [-0.1, -0.05) is 6.92 Å². The minimum absolute atomic E-state index is 0.232. The second-order valence-corrected chi connectivity index (χ2v) is 3.56. The normalized spacial score (nSPS) is 15.5. The van der Waals surface area contributed by atoms with Crippen LogP contribution < -0.4 is 0 Å². The van der Waals surface area contributed by atoms with E-state index in [0.29, 0.717) is 13.0 Å². The second kappa shape index (κ2) is 6.79. The van der Waals surface area contributed by atoms with Crippen LogP contribution in [0.3, 0.4) is 0 Å². The summed E-state index contributed by atoms with van der Waals surface area (Å²) in [6, 6.07) is -0.155. The molecule has 0 aliphatic heterocycles. The molecule has 2 unspecified atom stereocenters. The Morgan fingerprint density at radius 3 is 2.50 bits per heavy atom. The maximum absolute atomic E-state index is 10.9. The topological polar surface area (TPSA) is 49.8 Å². The van der Waals surface area contributed by atoms with Gasteiger partial charge in [-0.25, -0.2) is 0 Å². The van der Waals surface area contributed by atoms with E-state index in [1.165, 1.54) is 0 Å². The van der Waals surface area contributed by atoms with E-state index >= 15 is 0 Å². The van der Waals surface area contributed by atoms with Crippen LogP contribution in [-0.4, -0.2) is 48.8 Å². The molecule has 0 aromatic carbocycles. The maximum atomic E-state index is 10.9. The zero-order valence-electron chi connectivity index (χ0n) is 9.49. The number of carboxylic acid groups (broad SMARTS) is 1. The Bertz CT molecular complexity index is 173. The number of methoxy groups -OCH3 is 1. The van der Waals surface area contributed by atoms with Crippen LogP contribution in [0.4, 0.5) is 0 Å². The summed E-state index contributed by atoms with van der Waals surface area (Å²) in [5.41, 5.74) is 0. The molecule has 0 fully saturated rings. The molecule has 0 amide bonds. The first-order valence-electron chi connectivity index (χ1n) is 4.98. The van der Waals surface area contributed by atoms with Crippen molar-refractivity contribution < 1.29 is 14.6 Å². The maximum Gasteiger partial charge on any atom is 0.320 e. The first kappa shape index (κ1) is 13.4. The molecule has 1 N–H and O–H groups in total. The van der Waals surface area contributed by atoms with Gasteiger partial charge in [0.05, 0.1) is 0 Å². The van der Waals surface area contributed by atoms with E-state index in [-0.39, 0.29) is 12.1 Å². The summed E-state index contributed by atoms with van der Waals surface area (Å²) >= 11 is 0.